The number of carbonyl (C=O) groups is 2. The third-order valence-corrected chi connectivity index (χ3v) is 9.92. The molecule has 3 aliphatic rings. The summed E-state index contributed by atoms with van der Waals surface area (Å²) < 4.78 is 4.69. The van der Waals surface area contributed by atoms with Crippen molar-refractivity contribution in [2.45, 2.75) is 52.6 Å². The predicted molar refractivity (Wildman–Crippen MR) is 149 cm³/mol. The van der Waals surface area contributed by atoms with E-state index in [-0.39, 0.29) is 30.3 Å². The zero-order valence-electron chi connectivity index (χ0n) is 22.1. The van der Waals surface area contributed by atoms with E-state index in [2.05, 4.69) is 15.9 Å². The van der Waals surface area contributed by atoms with E-state index in [9.17, 15) is 24.3 Å². The van der Waals surface area contributed by atoms with Gasteiger partial charge in [0.15, 0.2) is 11.6 Å². The number of aromatic hydroxyl groups is 1. The monoisotopic (exact) mass is 589 g/mol. The molecular formula is C30H28BrN3O5. The molecule has 200 valence electrons. The molecule has 0 spiro atoms. The summed E-state index contributed by atoms with van der Waals surface area (Å²) >= 11 is 3.50. The number of phenolic OH excluding ortho intramolecular Hbond substituents is 1. The van der Waals surface area contributed by atoms with E-state index >= 15 is 0 Å². The van der Waals surface area contributed by atoms with Crippen LogP contribution in [-0.2, 0) is 16.1 Å². The first kappa shape index (κ1) is 25.6. The van der Waals surface area contributed by atoms with Gasteiger partial charge in [0.1, 0.15) is 5.75 Å². The molecule has 0 amide bonds. The zero-order valence-corrected chi connectivity index (χ0v) is 23.7. The number of benzene rings is 2. The number of hydrogen-bond donors (Lipinski definition) is 1. The highest BCUT2D eigenvalue weighted by Gasteiger charge is 2.67. The highest BCUT2D eigenvalue weighted by atomic mass is 79.9. The molecule has 2 aliphatic carbocycles. The summed E-state index contributed by atoms with van der Waals surface area (Å²) in [4.78, 5) is 55.7. The van der Waals surface area contributed by atoms with Gasteiger partial charge in [0.25, 0.3) is 0 Å². The standard InChI is InChI=1S/C30H28BrN3O5/c1-16-17(2)26(37)30(4)24(21-14-18(31)10-11-23(21)35)20-12-13-32-27(38)33(19-8-6-5-7-9-19)28(39)34(32)22(20)15-29(30,3)25(16)36/h5-12,14,22,24,35H,13,15H2,1-4H3/t22-,24-,29+,30-/m1/s1. The molecule has 0 unspecified atom stereocenters. The van der Waals surface area contributed by atoms with Crippen LogP contribution in [0.3, 0.4) is 0 Å². The average molecular weight is 590 g/mol. The second kappa shape index (κ2) is 8.39. The van der Waals surface area contributed by atoms with Crippen molar-refractivity contribution in [2.24, 2.45) is 10.8 Å². The summed E-state index contributed by atoms with van der Waals surface area (Å²) in [5.74, 6) is -1.03. The van der Waals surface area contributed by atoms with Gasteiger partial charge in [-0.3, -0.25) is 9.59 Å². The van der Waals surface area contributed by atoms with E-state index in [1.807, 2.05) is 19.1 Å². The number of allylic oxidation sites excluding steroid dienone is 4. The lowest BCUT2D eigenvalue weighted by Crippen LogP contribution is -2.61. The van der Waals surface area contributed by atoms with Gasteiger partial charge in [-0.2, -0.15) is 0 Å². The minimum Gasteiger partial charge on any atom is -0.508 e. The second-order valence-corrected chi connectivity index (χ2v) is 12.1. The fourth-order valence-electron chi connectivity index (χ4n) is 7.10. The Morgan fingerprint density at radius 2 is 1.59 bits per heavy atom. The fourth-order valence-corrected chi connectivity index (χ4v) is 7.48. The molecule has 1 fully saturated rings. The fraction of sp³-hybridized carbons (Fsp3) is 0.333. The summed E-state index contributed by atoms with van der Waals surface area (Å²) in [6.45, 7) is 7.07. The third kappa shape index (κ3) is 3.16. The molecule has 0 saturated heterocycles. The Kier molecular flexibility index (Phi) is 5.50. The van der Waals surface area contributed by atoms with E-state index in [4.69, 9.17) is 0 Å². The number of hydrogen-bond acceptors (Lipinski definition) is 5. The van der Waals surface area contributed by atoms with Gasteiger partial charge in [0.05, 0.1) is 23.7 Å². The summed E-state index contributed by atoms with van der Waals surface area (Å²) in [6.07, 6.45) is 2.04. The van der Waals surface area contributed by atoms with Crippen molar-refractivity contribution in [3.05, 3.63) is 102 Å². The van der Waals surface area contributed by atoms with Crippen LogP contribution in [0.2, 0.25) is 0 Å². The quantitative estimate of drug-likeness (QED) is 0.445. The molecule has 1 aliphatic heterocycles. The van der Waals surface area contributed by atoms with Crippen molar-refractivity contribution in [3.63, 3.8) is 0 Å². The number of nitrogens with zero attached hydrogens (tertiary/aromatic N) is 3. The summed E-state index contributed by atoms with van der Waals surface area (Å²) in [6, 6.07) is 13.1. The van der Waals surface area contributed by atoms with E-state index in [1.165, 1.54) is 9.36 Å². The number of ketones is 2. The summed E-state index contributed by atoms with van der Waals surface area (Å²) in [7, 11) is 0. The van der Waals surface area contributed by atoms with Crippen molar-refractivity contribution in [2.75, 3.05) is 0 Å². The lowest BCUT2D eigenvalue weighted by atomic mass is 9.43. The summed E-state index contributed by atoms with van der Waals surface area (Å²) in [5, 5.41) is 11.1. The molecule has 0 radical (unpaired) electrons. The largest absolute Gasteiger partial charge is 0.508 e. The van der Waals surface area contributed by atoms with Gasteiger partial charge >= 0.3 is 11.4 Å². The molecule has 2 aromatic carbocycles. The first-order valence-electron chi connectivity index (χ1n) is 12.9. The Morgan fingerprint density at radius 3 is 2.28 bits per heavy atom. The number of para-hydroxylation sites is 1. The molecule has 39 heavy (non-hydrogen) atoms. The SMILES string of the molecule is CC1=C(C)C(=O)[C@@]2(C)[C@@H](c3cc(Br)ccc3O)C3=CCn4c(=O)n(-c5ccccc5)c(=O)n4[C@@H]3C[C@@]2(C)C1=O. The maximum atomic E-state index is 14.2. The van der Waals surface area contributed by atoms with Gasteiger partial charge in [-0.1, -0.05) is 54.1 Å². The smallest absolute Gasteiger partial charge is 0.352 e. The van der Waals surface area contributed by atoms with Gasteiger partial charge in [0.2, 0.25) is 0 Å². The van der Waals surface area contributed by atoms with Crippen molar-refractivity contribution in [1.29, 1.82) is 0 Å². The molecule has 3 aromatic rings. The van der Waals surface area contributed by atoms with Crippen LogP contribution in [0, 0.1) is 10.8 Å². The Hall–Kier alpha value is -3.72. The summed E-state index contributed by atoms with van der Waals surface area (Å²) in [5.41, 5.74) is -0.910. The van der Waals surface area contributed by atoms with E-state index < -0.39 is 34.2 Å². The van der Waals surface area contributed by atoms with Gasteiger partial charge < -0.3 is 5.11 Å². The number of phenols is 1. The minimum atomic E-state index is -1.23. The number of aromatic nitrogens is 3. The predicted octanol–water partition coefficient (Wildman–Crippen LogP) is 4.44. The Labute approximate surface area is 233 Å². The maximum Gasteiger partial charge on any atom is 0.352 e. The van der Waals surface area contributed by atoms with Crippen molar-refractivity contribution >= 4 is 27.5 Å². The normalized spacial score (nSPS) is 28.1. The number of carbonyl (C=O) groups excluding carboxylic acids is 2. The Balaban J connectivity index is 1.67. The lowest BCUT2D eigenvalue weighted by molar-refractivity contribution is -0.151. The average Bonchev–Trinajstić information content (AvgIpc) is 3.18. The number of Topliss-reactive ketones (excluding diaryl/α,β-unsaturated/α-hetero) is 2. The van der Waals surface area contributed by atoms with E-state index in [1.54, 1.807) is 63.2 Å². The molecular weight excluding hydrogens is 562 g/mol. The molecule has 1 aromatic heterocycles. The van der Waals surface area contributed by atoms with Crippen LogP contribution in [0.4, 0.5) is 0 Å². The van der Waals surface area contributed by atoms with Gasteiger partial charge in [0, 0.05) is 21.4 Å². The van der Waals surface area contributed by atoms with Crippen LogP contribution in [0.15, 0.2) is 85.4 Å². The molecule has 2 heterocycles. The highest BCUT2D eigenvalue weighted by molar-refractivity contribution is 9.10. The molecule has 6 rings (SSSR count). The molecule has 9 heteroatoms. The minimum absolute atomic E-state index is 0.00494. The highest BCUT2D eigenvalue weighted by Crippen LogP contribution is 2.66. The van der Waals surface area contributed by atoms with Crippen LogP contribution < -0.4 is 11.4 Å². The zero-order chi connectivity index (χ0) is 28.0. The second-order valence-electron chi connectivity index (χ2n) is 11.2. The first-order chi connectivity index (χ1) is 18.4. The van der Waals surface area contributed by atoms with Crippen LogP contribution in [0.1, 0.15) is 51.6 Å². The van der Waals surface area contributed by atoms with Crippen molar-refractivity contribution in [3.8, 4) is 11.4 Å². The topological polar surface area (TPSA) is 103 Å². The van der Waals surface area contributed by atoms with Gasteiger partial charge in [-0.15, -0.1) is 0 Å². The Morgan fingerprint density at radius 1 is 0.923 bits per heavy atom. The van der Waals surface area contributed by atoms with Gasteiger partial charge in [-0.25, -0.2) is 23.5 Å². The molecule has 1 saturated carbocycles. The number of halogens is 1. The Bertz CT molecular complexity index is 1780. The first-order valence-corrected chi connectivity index (χ1v) is 13.7. The van der Waals surface area contributed by atoms with E-state index in [0.29, 0.717) is 26.9 Å². The molecule has 1 N–H and O–H groups in total. The third-order valence-electron chi connectivity index (χ3n) is 9.43. The number of fused-ring (bicyclic) bond motifs is 4. The van der Waals surface area contributed by atoms with E-state index in [0.717, 1.165) is 10.1 Å². The molecule has 4 atom stereocenters. The van der Waals surface area contributed by atoms with Gasteiger partial charge in [-0.05, 0) is 67.3 Å². The van der Waals surface area contributed by atoms with Crippen LogP contribution in [-0.4, -0.2) is 30.6 Å². The van der Waals surface area contributed by atoms with Crippen molar-refractivity contribution in [1.82, 2.24) is 13.9 Å². The molecule has 0 bridgehead atoms. The van der Waals surface area contributed by atoms with Crippen LogP contribution >= 0.6 is 15.9 Å². The van der Waals surface area contributed by atoms with Crippen LogP contribution in [0.5, 0.6) is 5.75 Å². The van der Waals surface area contributed by atoms with Crippen LogP contribution in [0.25, 0.3) is 5.69 Å². The molecule has 8 nitrogen and oxygen atoms in total. The maximum absolute atomic E-state index is 14.2. The van der Waals surface area contributed by atoms with Crippen molar-refractivity contribution < 1.29 is 14.7 Å². The lowest BCUT2D eigenvalue weighted by Gasteiger charge is -2.58. The number of rotatable bonds is 2.